The first-order valence-electron chi connectivity index (χ1n) is 10.7. The summed E-state index contributed by atoms with van der Waals surface area (Å²) >= 11 is 0. The van der Waals surface area contributed by atoms with Crippen LogP contribution in [0.25, 0.3) is 0 Å². The third-order valence-electron chi connectivity index (χ3n) is 5.16. The molecule has 0 radical (unpaired) electrons. The molecule has 6 nitrogen and oxygen atoms in total. The molecule has 0 saturated carbocycles. The summed E-state index contributed by atoms with van der Waals surface area (Å²) < 4.78 is 0. The standard InChI is InChI=1S/C22H37N5O/c1-5-20(19-10-8-7-9-11-19)26-14-16-27(17-15-26)22(23-6-2)25-13-12-24-21(28)18(3)4/h7-11,18,20H,5-6,12-17H2,1-4H3,(H,23,25)(H,24,28). The number of rotatable bonds is 8. The Morgan fingerprint density at radius 3 is 2.32 bits per heavy atom. The fraction of sp³-hybridized carbons (Fsp3) is 0.636. The van der Waals surface area contributed by atoms with Gasteiger partial charge in [-0.1, -0.05) is 51.1 Å². The van der Waals surface area contributed by atoms with Gasteiger partial charge in [0, 0.05) is 51.2 Å². The molecule has 1 fully saturated rings. The fourth-order valence-corrected chi connectivity index (χ4v) is 3.60. The molecule has 1 aliphatic rings. The van der Waals surface area contributed by atoms with E-state index in [1.54, 1.807) is 0 Å². The van der Waals surface area contributed by atoms with E-state index in [-0.39, 0.29) is 11.8 Å². The van der Waals surface area contributed by atoms with Crippen LogP contribution in [0, 0.1) is 5.92 Å². The quantitative estimate of drug-likeness (QED) is 0.409. The molecule has 0 bridgehead atoms. The molecule has 156 valence electrons. The van der Waals surface area contributed by atoms with Crippen LogP contribution in [0.3, 0.4) is 0 Å². The number of benzene rings is 1. The van der Waals surface area contributed by atoms with Crippen molar-refractivity contribution in [1.82, 2.24) is 20.4 Å². The number of guanidine groups is 1. The molecular weight excluding hydrogens is 350 g/mol. The predicted octanol–water partition coefficient (Wildman–Crippen LogP) is 2.49. The Kier molecular flexibility index (Phi) is 9.28. The first-order valence-corrected chi connectivity index (χ1v) is 10.7. The molecule has 1 saturated heterocycles. The summed E-state index contributed by atoms with van der Waals surface area (Å²) in [6.45, 7) is 14.2. The summed E-state index contributed by atoms with van der Waals surface area (Å²) in [7, 11) is 0. The first kappa shape index (κ1) is 22.2. The topological polar surface area (TPSA) is 60.0 Å². The van der Waals surface area contributed by atoms with E-state index in [0.29, 0.717) is 19.1 Å². The van der Waals surface area contributed by atoms with Gasteiger partial charge in [0.15, 0.2) is 5.96 Å². The third kappa shape index (κ3) is 6.51. The molecule has 28 heavy (non-hydrogen) atoms. The molecule has 1 amide bonds. The highest BCUT2D eigenvalue weighted by molar-refractivity contribution is 5.80. The van der Waals surface area contributed by atoms with Crippen molar-refractivity contribution in [3.63, 3.8) is 0 Å². The van der Waals surface area contributed by atoms with E-state index in [1.807, 2.05) is 13.8 Å². The molecule has 1 heterocycles. The second-order valence-electron chi connectivity index (χ2n) is 7.54. The van der Waals surface area contributed by atoms with E-state index in [4.69, 9.17) is 4.99 Å². The number of aliphatic imine (C=N–C) groups is 1. The molecule has 1 aromatic rings. The highest BCUT2D eigenvalue weighted by Crippen LogP contribution is 2.25. The lowest BCUT2D eigenvalue weighted by Gasteiger charge is -2.40. The molecule has 1 unspecified atom stereocenters. The lowest BCUT2D eigenvalue weighted by molar-refractivity contribution is -0.123. The van der Waals surface area contributed by atoms with Crippen molar-refractivity contribution in [2.45, 2.75) is 40.2 Å². The van der Waals surface area contributed by atoms with Crippen molar-refractivity contribution in [2.75, 3.05) is 45.8 Å². The van der Waals surface area contributed by atoms with Crippen LogP contribution in [0.1, 0.15) is 45.7 Å². The van der Waals surface area contributed by atoms with Crippen molar-refractivity contribution in [1.29, 1.82) is 0 Å². The number of amides is 1. The van der Waals surface area contributed by atoms with Crippen molar-refractivity contribution in [3.8, 4) is 0 Å². The SMILES string of the molecule is CCNC(=NCCNC(=O)C(C)C)N1CCN(C(CC)c2ccccc2)CC1. The molecule has 1 aromatic carbocycles. The summed E-state index contributed by atoms with van der Waals surface area (Å²) in [6, 6.07) is 11.3. The maximum absolute atomic E-state index is 11.7. The van der Waals surface area contributed by atoms with Crippen molar-refractivity contribution in [2.24, 2.45) is 10.9 Å². The predicted molar refractivity (Wildman–Crippen MR) is 116 cm³/mol. The van der Waals surface area contributed by atoms with Crippen LogP contribution in [-0.2, 0) is 4.79 Å². The largest absolute Gasteiger partial charge is 0.357 e. The van der Waals surface area contributed by atoms with Crippen LogP contribution in [0.5, 0.6) is 0 Å². The third-order valence-corrected chi connectivity index (χ3v) is 5.16. The van der Waals surface area contributed by atoms with Crippen molar-refractivity contribution >= 4 is 11.9 Å². The van der Waals surface area contributed by atoms with E-state index in [2.05, 4.69) is 64.6 Å². The van der Waals surface area contributed by atoms with E-state index >= 15 is 0 Å². The van der Waals surface area contributed by atoms with Gasteiger partial charge in [0.1, 0.15) is 0 Å². The van der Waals surface area contributed by atoms with Gasteiger partial charge in [-0.15, -0.1) is 0 Å². The lowest BCUT2D eigenvalue weighted by atomic mass is 10.0. The summed E-state index contributed by atoms with van der Waals surface area (Å²) in [5, 5.41) is 6.33. The number of nitrogens with one attached hydrogen (secondary N) is 2. The molecule has 2 N–H and O–H groups in total. The van der Waals surface area contributed by atoms with Gasteiger partial charge in [-0.05, 0) is 18.9 Å². The molecule has 6 heteroatoms. The van der Waals surface area contributed by atoms with Crippen LogP contribution in [-0.4, -0.2) is 67.5 Å². The van der Waals surface area contributed by atoms with E-state index in [9.17, 15) is 4.79 Å². The summed E-state index contributed by atoms with van der Waals surface area (Å²) in [5.74, 6) is 1.05. The minimum atomic E-state index is 0.0152. The van der Waals surface area contributed by atoms with Crippen molar-refractivity contribution in [3.05, 3.63) is 35.9 Å². The molecule has 2 rings (SSSR count). The zero-order valence-corrected chi connectivity index (χ0v) is 17.9. The number of carbonyl (C=O) groups is 1. The molecular formula is C22H37N5O. The number of piperazine rings is 1. The minimum Gasteiger partial charge on any atom is -0.357 e. The normalized spacial score (nSPS) is 16.9. The van der Waals surface area contributed by atoms with Crippen LogP contribution >= 0.6 is 0 Å². The first-order chi connectivity index (χ1) is 13.6. The van der Waals surface area contributed by atoms with Gasteiger partial charge >= 0.3 is 0 Å². The van der Waals surface area contributed by atoms with Crippen LogP contribution < -0.4 is 10.6 Å². The van der Waals surface area contributed by atoms with Gasteiger partial charge in [0.25, 0.3) is 0 Å². The summed E-state index contributed by atoms with van der Waals surface area (Å²) in [4.78, 5) is 21.3. The van der Waals surface area contributed by atoms with E-state index < -0.39 is 0 Å². The summed E-state index contributed by atoms with van der Waals surface area (Å²) in [6.07, 6.45) is 1.12. The highest BCUT2D eigenvalue weighted by Gasteiger charge is 2.25. The minimum absolute atomic E-state index is 0.0152. The fourth-order valence-electron chi connectivity index (χ4n) is 3.60. The second kappa shape index (κ2) is 11.7. The Hall–Kier alpha value is -2.08. The second-order valence-corrected chi connectivity index (χ2v) is 7.54. The van der Waals surface area contributed by atoms with Gasteiger partial charge in [-0.25, -0.2) is 0 Å². The monoisotopic (exact) mass is 387 g/mol. The molecule has 0 aliphatic carbocycles. The number of hydrogen-bond acceptors (Lipinski definition) is 3. The van der Waals surface area contributed by atoms with Crippen molar-refractivity contribution < 1.29 is 4.79 Å². The van der Waals surface area contributed by atoms with Gasteiger partial charge < -0.3 is 15.5 Å². The van der Waals surface area contributed by atoms with Crippen LogP contribution in [0.2, 0.25) is 0 Å². The Morgan fingerprint density at radius 1 is 1.07 bits per heavy atom. The number of carbonyl (C=O) groups excluding carboxylic acids is 1. The smallest absolute Gasteiger partial charge is 0.222 e. The maximum atomic E-state index is 11.7. The van der Waals surface area contributed by atoms with E-state index in [1.165, 1.54) is 5.56 Å². The average molecular weight is 388 g/mol. The van der Waals surface area contributed by atoms with Gasteiger partial charge in [0.2, 0.25) is 5.91 Å². The lowest BCUT2D eigenvalue weighted by Crippen LogP contribution is -2.53. The maximum Gasteiger partial charge on any atom is 0.222 e. The highest BCUT2D eigenvalue weighted by atomic mass is 16.1. The number of hydrogen-bond donors (Lipinski definition) is 2. The Bertz CT molecular complexity index is 609. The van der Waals surface area contributed by atoms with Gasteiger partial charge in [-0.3, -0.25) is 14.7 Å². The zero-order chi connectivity index (χ0) is 20.4. The Balaban J connectivity index is 1.89. The zero-order valence-electron chi connectivity index (χ0n) is 17.9. The molecule has 1 atom stereocenters. The summed E-state index contributed by atoms with van der Waals surface area (Å²) in [5.41, 5.74) is 1.40. The van der Waals surface area contributed by atoms with Crippen LogP contribution in [0.15, 0.2) is 35.3 Å². The average Bonchev–Trinajstić information content (AvgIpc) is 2.72. The molecule has 0 aromatic heterocycles. The van der Waals surface area contributed by atoms with E-state index in [0.717, 1.165) is 45.1 Å². The molecule has 0 spiro atoms. The molecule has 1 aliphatic heterocycles. The van der Waals surface area contributed by atoms with Gasteiger partial charge in [-0.2, -0.15) is 0 Å². The number of nitrogens with zero attached hydrogens (tertiary/aromatic N) is 3. The van der Waals surface area contributed by atoms with Crippen LogP contribution in [0.4, 0.5) is 0 Å². The Morgan fingerprint density at radius 2 is 1.75 bits per heavy atom. The Labute approximate surface area is 170 Å². The van der Waals surface area contributed by atoms with Gasteiger partial charge in [0.05, 0.1) is 6.54 Å².